The van der Waals surface area contributed by atoms with Crippen LogP contribution in [0.15, 0.2) is 0 Å². The van der Waals surface area contributed by atoms with Crippen LogP contribution in [0.1, 0.15) is 6.42 Å². The minimum absolute atomic E-state index is 0.151. The number of thioether (sulfide) groups is 1. The molecule has 14 heavy (non-hydrogen) atoms. The number of aliphatic carboxylic acids is 2. The van der Waals surface area contributed by atoms with Crippen molar-refractivity contribution in [2.75, 3.05) is 11.5 Å². The van der Waals surface area contributed by atoms with E-state index in [1.165, 1.54) is 0 Å². The molecule has 0 bridgehead atoms. The van der Waals surface area contributed by atoms with E-state index in [1.807, 2.05) is 0 Å². The minimum atomic E-state index is -1.47. The molecule has 0 radical (unpaired) electrons. The molecule has 0 aromatic rings. The molecule has 0 rings (SSSR count). The quantitative estimate of drug-likeness (QED) is 0.379. The summed E-state index contributed by atoms with van der Waals surface area (Å²) in [4.78, 5) is 30.8. The zero-order chi connectivity index (χ0) is 11.1. The van der Waals surface area contributed by atoms with Crippen molar-refractivity contribution in [3.05, 3.63) is 0 Å². The number of Topliss-reactive ketones (excluding diaryl/α,β-unsaturated/α-hetero) is 1. The third-order valence-corrected chi connectivity index (χ3v) is 2.35. The number of nitrogens with two attached hydrogens (primary N) is 1. The molecule has 0 aliphatic rings. The molecule has 0 saturated carbocycles. The molecule has 6 nitrogen and oxygen atoms in total. The van der Waals surface area contributed by atoms with E-state index in [9.17, 15) is 14.4 Å². The van der Waals surface area contributed by atoms with Crippen molar-refractivity contribution in [3.8, 4) is 0 Å². The topological polar surface area (TPSA) is 118 Å². The van der Waals surface area contributed by atoms with Crippen molar-refractivity contribution in [1.82, 2.24) is 0 Å². The van der Waals surface area contributed by atoms with Crippen LogP contribution in [0.25, 0.3) is 0 Å². The van der Waals surface area contributed by atoms with Gasteiger partial charge >= 0.3 is 11.9 Å². The number of carbonyl (C=O) groups is 3. The van der Waals surface area contributed by atoms with Crippen molar-refractivity contribution in [2.45, 2.75) is 12.5 Å². The Labute approximate surface area is 84.5 Å². The average Bonchev–Trinajstić information content (AvgIpc) is 2.11. The monoisotopic (exact) mass is 221 g/mol. The van der Waals surface area contributed by atoms with Crippen LogP contribution in [0, 0.1) is 0 Å². The number of hydrogen-bond donors (Lipinski definition) is 3. The van der Waals surface area contributed by atoms with Gasteiger partial charge in [-0.2, -0.15) is 11.8 Å². The standard InChI is InChI=1S/C7H11NO5S/c8-4(6(10)11)1-2-14-3-5(9)7(12)13/h4H,1-3,8H2,(H,10,11)(H,12,13)/t4-/m0/s1. The van der Waals surface area contributed by atoms with Crippen molar-refractivity contribution < 1.29 is 24.6 Å². The van der Waals surface area contributed by atoms with Crippen LogP contribution in [0.4, 0.5) is 0 Å². The molecule has 0 spiro atoms. The second-order valence-corrected chi connectivity index (χ2v) is 3.62. The summed E-state index contributed by atoms with van der Waals surface area (Å²) in [5, 5.41) is 16.6. The number of hydrogen-bond acceptors (Lipinski definition) is 5. The third kappa shape index (κ3) is 5.55. The Morgan fingerprint density at radius 3 is 2.29 bits per heavy atom. The van der Waals surface area contributed by atoms with E-state index < -0.39 is 23.8 Å². The lowest BCUT2D eigenvalue weighted by atomic mass is 10.2. The van der Waals surface area contributed by atoms with Crippen molar-refractivity contribution in [3.63, 3.8) is 0 Å². The average molecular weight is 221 g/mol. The maximum Gasteiger partial charge on any atom is 0.373 e. The molecule has 0 aromatic carbocycles. The largest absolute Gasteiger partial charge is 0.480 e. The van der Waals surface area contributed by atoms with Crippen LogP contribution in [-0.4, -0.2) is 45.5 Å². The molecule has 0 aromatic heterocycles. The Morgan fingerprint density at radius 2 is 1.86 bits per heavy atom. The molecule has 0 unspecified atom stereocenters. The molecular formula is C7H11NO5S. The molecular weight excluding hydrogens is 210 g/mol. The number of carbonyl (C=O) groups excluding carboxylic acids is 1. The van der Waals surface area contributed by atoms with E-state index in [0.717, 1.165) is 11.8 Å². The summed E-state index contributed by atoms with van der Waals surface area (Å²) >= 11 is 1.06. The van der Waals surface area contributed by atoms with Gasteiger partial charge < -0.3 is 15.9 Å². The third-order valence-electron chi connectivity index (χ3n) is 1.36. The van der Waals surface area contributed by atoms with Gasteiger partial charge in [-0.3, -0.25) is 9.59 Å². The SMILES string of the molecule is N[C@@H](CCSCC(=O)C(=O)O)C(=O)O. The van der Waals surface area contributed by atoms with Crippen molar-refractivity contribution in [2.24, 2.45) is 5.73 Å². The predicted molar refractivity (Wildman–Crippen MR) is 50.2 cm³/mol. The Hall–Kier alpha value is -1.08. The first-order valence-electron chi connectivity index (χ1n) is 3.77. The molecule has 7 heteroatoms. The highest BCUT2D eigenvalue weighted by Gasteiger charge is 2.13. The lowest BCUT2D eigenvalue weighted by Gasteiger charge is -2.04. The van der Waals surface area contributed by atoms with Gasteiger partial charge in [-0.15, -0.1) is 0 Å². The molecule has 0 fully saturated rings. The van der Waals surface area contributed by atoms with Gasteiger partial charge in [0, 0.05) is 0 Å². The number of carboxylic acid groups (broad SMARTS) is 2. The maximum atomic E-state index is 10.6. The Kier molecular flexibility index (Phi) is 5.89. The predicted octanol–water partition coefficient (Wildman–Crippen LogP) is -0.825. The highest BCUT2D eigenvalue weighted by Crippen LogP contribution is 2.04. The first-order chi connectivity index (χ1) is 6.45. The second-order valence-electron chi connectivity index (χ2n) is 2.51. The summed E-state index contributed by atoms with van der Waals surface area (Å²) in [6.45, 7) is 0. The maximum absolute atomic E-state index is 10.6. The smallest absolute Gasteiger partial charge is 0.373 e. The van der Waals surface area contributed by atoms with Gasteiger partial charge in [-0.1, -0.05) is 0 Å². The fraction of sp³-hybridized carbons (Fsp3) is 0.571. The zero-order valence-corrected chi connectivity index (χ0v) is 8.12. The number of ketones is 1. The van der Waals surface area contributed by atoms with Gasteiger partial charge in [0.15, 0.2) is 0 Å². The molecule has 0 aliphatic carbocycles. The van der Waals surface area contributed by atoms with Crippen LogP contribution >= 0.6 is 11.8 Å². The van der Waals surface area contributed by atoms with Crippen LogP contribution in [0.3, 0.4) is 0 Å². The summed E-state index contributed by atoms with van der Waals surface area (Å²) < 4.78 is 0. The van der Waals surface area contributed by atoms with Crippen LogP contribution < -0.4 is 5.73 Å². The zero-order valence-electron chi connectivity index (χ0n) is 7.30. The van der Waals surface area contributed by atoms with Gasteiger partial charge in [0.25, 0.3) is 0 Å². The molecule has 0 saturated heterocycles. The molecule has 0 aliphatic heterocycles. The summed E-state index contributed by atoms with van der Waals surface area (Å²) in [6, 6.07) is -0.956. The van der Waals surface area contributed by atoms with Crippen molar-refractivity contribution >= 4 is 29.5 Å². The fourth-order valence-electron chi connectivity index (χ4n) is 0.560. The fourth-order valence-corrected chi connectivity index (χ4v) is 1.43. The first-order valence-corrected chi connectivity index (χ1v) is 4.93. The molecule has 0 amide bonds. The summed E-state index contributed by atoms with van der Waals surface area (Å²) in [5.41, 5.74) is 5.18. The van der Waals surface area contributed by atoms with E-state index in [2.05, 4.69) is 0 Å². The van der Waals surface area contributed by atoms with Crippen LogP contribution in [0.2, 0.25) is 0 Å². The van der Waals surface area contributed by atoms with Crippen molar-refractivity contribution in [1.29, 1.82) is 0 Å². The van der Waals surface area contributed by atoms with E-state index in [0.29, 0.717) is 5.75 Å². The van der Waals surface area contributed by atoms with E-state index in [4.69, 9.17) is 15.9 Å². The lowest BCUT2D eigenvalue weighted by molar-refractivity contribution is -0.147. The highest BCUT2D eigenvalue weighted by molar-refractivity contribution is 8.00. The summed E-state index contributed by atoms with van der Waals surface area (Å²) in [5.74, 6) is -3.26. The molecule has 1 atom stereocenters. The Bertz CT molecular complexity index is 242. The van der Waals surface area contributed by atoms with Gasteiger partial charge in [0.05, 0.1) is 5.75 Å². The van der Waals surface area contributed by atoms with Gasteiger partial charge in [0.2, 0.25) is 5.78 Å². The molecule has 0 heterocycles. The second kappa shape index (κ2) is 6.39. The van der Waals surface area contributed by atoms with E-state index >= 15 is 0 Å². The number of rotatable bonds is 7. The van der Waals surface area contributed by atoms with Gasteiger partial charge in [-0.05, 0) is 12.2 Å². The van der Waals surface area contributed by atoms with Gasteiger partial charge in [-0.25, -0.2) is 4.79 Å². The van der Waals surface area contributed by atoms with E-state index in [1.54, 1.807) is 0 Å². The molecule has 4 N–H and O–H groups in total. The van der Waals surface area contributed by atoms with Crippen LogP contribution in [-0.2, 0) is 14.4 Å². The minimum Gasteiger partial charge on any atom is -0.480 e. The number of carboxylic acids is 2. The molecule has 80 valence electrons. The van der Waals surface area contributed by atoms with Gasteiger partial charge in [0.1, 0.15) is 6.04 Å². The Balaban J connectivity index is 3.52. The van der Waals surface area contributed by atoms with E-state index in [-0.39, 0.29) is 12.2 Å². The highest BCUT2D eigenvalue weighted by atomic mass is 32.2. The first kappa shape index (κ1) is 12.9. The lowest BCUT2D eigenvalue weighted by Crippen LogP contribution is -2.30. The summed E-state index contributed by atoms with van der Waals surface area (Å²) in [6.07, 6.45) is 0.215. The summed E-state index contributed by atoms with van der Waals surface area (Å²) in [7, 11) is 0. The Morgan fingerprint density at radius 1 is 1.29 bits per heavy atom. The normalized spacial score (nSPS) is 12.1. The van der Waals surface area contributed by atoms with Crippen LogP contribution in [0.5, 0.6) is 0 Å².